The Kier molecular flexibility index (Phi) is 3.13. The minimum Gasteiger partial charge on any atom is -0.481 e. The molecule has 0 aliphatic carbocycles. The van der Waals surface area contributed by atoms with Crippen LogP contribution in [0, 0.1) is 5.92 Å². The van der Waals surface area contributed by atoms with Crippen molar-refractivity contribution in [3.63, 3.8) is 0 Å². The van der Waals surface area contributed by atoms with Crippen molar-refractivity contribution < 1.29 is 14.7 Å². The predicted molar refractivity (Wildman–Crippen MR) is 51.8 cm³/mol. The molecule has 0 saturated carbocycles. The first kappa shape index (κ1) is 11.0. The van der Waals surface area contributed by atoms with Crippen molar-refractivity contribution in [2.45, 2.75) is 45.7 Å². The van der Waals surface area contributed by atoms with Gasteiger partial charge in [0.15, 0.2) is 0 Å². The van der Waals surface area contributed by atoms with Crippen LogP contribution in [-0.4, -0.2) is 34.0 Å². The highest BCUT2D eigenvalue weighted by atomic mass is 16.4. The molecule has 1 saturated heterocycles. The Morgan fingerprint density at radius 1 is 1.64 bits per heavy atom. The summed E-state index contributed by atoms with van der Waals surface area (Å²) < 4.78 is 0. The average Bonchev–Trinajstić information content (AvgIpc) is 2.25. The number of hydrogen-bond donors (Lipinski definition) is 1. The Balaban J connectivity index is 2.68. The van der Waals surface area contributed by atoms with Crippen LogP contribution in [0.3, 0.4) is 0 Å². The van der Waals surface area contributed by atoms with E-state index in [0.717, 1.165) is 0 Å². The van der Waals surface area contributed by atoms with E-state index in [2.05, 4.69) is 0 Å². The number of amides is 1. The van der Waals surface area contributed by atoms with Gasteiger partial charge in [-0.1, -0.05) is 0 Å². The van der Waals surface area contributed by atoms with Crippen LogP contribution in [0.25, 0.3) is 0 Å². The van der Waals surface area contributed by atoms with Crippen LogP contribution >= 0.6 is 0 Å². The molecule has 1 heterocycles. The van der Waals surface area contributed by atoms with Crippen molar-refractivity contribution >= 4 is 11.9 Å². The lowest BCUT2D eigenvalue weighted by atomic mass is 9.98. The third-order valence-electron chi connectivity index (χ3n) is 2.84. The first-order valence-electron chi connectivity index (χ1n) is 4.96. The zero-order valence-electron chi connectivity index (χ0n) is 8.86. The van der Waals surface area contributed by atoms with Gasteiger partial charge in [0, 0.05) is 18.5 Å². The fourth-order valence-electron chi connectivity index (χ4n) is 2.18. The Morgan fingerprint density at radius 2 is 2.21 bits per heavy atom. The molecule has 1 aliphatic rings. The number of hydrogen-bond acceptors (Lipinski definition) is 2. The summed E-state index contributed by atoms with van der Waals surface area (Å²) in [7, 11) is 0. The van der Waals surface area contributed by atoms with Gasteiger partial charge in [0.1, 0.15) is 0 Å². The molecular formula is C10H17NO3. The van der Waals surface area contributed by atoms with Crippen LogP contribution in [0.2, 0.25) is 0 Å². The Bertz CT molecular complexity index is 250. The zero-order valence-corrected chi connectivity index (χ0v) is 8.86. The molecule has 0 radical (unpaired) electrons. The van der Waals surface area contributed by atoms with Crippen molar-refractivity contribution in [3.05, 3.63) is 0 Å². The minimum atomic E-state index is -0.819. The van der Waals surface area contributed by atoms with Crippen LogP contribution in [0.5, 0.6) is 0 Å². The van der Waals surface area contributed by atoms with Gasteiger partial charge in [-0.2, -0.15) is 0 Å². The lowest BCUT2D eigenvalue weighted by molar-refractivity contribution is -0.138. The second kappa shape index (κ2) is 3.98. The summed E-state index contributed by atoms with van der Waals surface area (Å²) in [4.78, 5) is 23.9. The quantitative estimate of drug-likeness (QED) is 0.740. The Morgan fingerprint density at radius 3 is 2.57 bits per heavy atom. The molecular weight excluding hydrogens is 182 g/mol. The molecule has 0 aromatic heterocycles. The summed E-state index contributed by atoms with van der Waals surface area (Å²) in [6, 6.07) is 0.217. The lowest BCUT2D eigenvalue weighted by Crippen LogP contribution is -2.38. The third-order valence-corrected chi connectivity index (χ3v) is 2.84. The molecule has 2 atom stereocenters. The summed E-state index contributed by atoms with van der Waals surface area (Å²) in [6.07, 6.45) is 0.474. The van der Waals surface area contributed by atoms with E-state index in [1.54, 1.807) is 4.90 Å². The van der Waals surface area contributed by atoms with Crippen molar-refractivity contribution in [2.24, 2.45) is 5.92 Å². The van der Waals surface area contributed by atoms with Gasteiger partial charge in [0.25, 0.3) is 0 Å². The number of carboxylic acid groups (broad SMARTS) is 1. The second-order valence-electron chi connectivity index (χ2n) is 4.20. The van der Waals surface area contributed by atoms with Gasteiger partial charge in [0.05, 0.1) is 6.42 Å². The van der Waals surface area contributed by atoms with Crippen LogP contribution in [0.4, 0.5) is 0 Å². The van der Waals surface area contributed by atoms with Gasteiger partial charge in [0.2, 0.25) is 5.91 Å². The summed E-state index contributed by atoms with van der Waals surface area (Å²) in [6.45, 7) is 5.84. The zero-order chi connectivity index (χ0) is 10.9. The lowest BCUT2D eigenvalue weighted by Gasteiger charge is -2.28. The maximum atomic E-state index is 11.6. The van der Waals surface area contributed by atoms with Gasteiger partial charge in [-0.15, -0.1) is 0 Å². The summed E-state index contributed by atoms with van der Waals surface area (Å²) >= 11 is 0. The van der Waals surface area contributed by atoms with E-state index in [4.69, 9.17) is 5.11 Å². The largest absolute Gasteiger partial charge is 0.481 e. The minimum absolute atomic E-state index is 0.0256. The van der Waals surface area contributed by atoms with Gasteiger partial charge in [-0.3, -0.25) is 9.59 Å². The van der Waals surface area contributed by atoms with Gasteiger partial charge in [-0.05, 0) is 26.7 Å². The summed E-state index contributed by atoms with van der Waals surface area (Å²) in [5.74, 6) is -0.763. The topological polar surface area (TPSA) is 57.6 Å². The molecule has 4 heteroatoms. The number of aliphatic carboxylic acids is 1. The third kappa shape index (κ3) is 2.05. The van der Waals surface area contributed by atoms with Crippen LogP contribution in [0.15, 0.2) is 0 Å². The van der Waals surface area contributed by atoms with E-state index in [1.807, 2.05) is 20.8 Å². The number of carbonyl (C=O) groups is 2. The first-order chi connectivity index (χ1) is 6.43. The second-order valence-corrected chi connectivity index (χ2v) is 4.20. The van der Waals surface area contributed by atoms with E-state index >= 15 is 0 Å². The molecule has 1 aliphatic heterocycles. The summed E-state index contributed by atoms with van der Waals surface area (Å²) in [5, 5.41) is 8.67. The Hall–Kier alpha value is -1.06. The van der Waals surface area contributed by atoms with E-state index in [0.29, 0.717) is 6.42 Å². The highest BCUT2D eigenvalue weighted by Gasteiger charge is 2.38. The molecule has 1 rings (SSSR count). The SMILES string of the molecule is CC(C)N1C(=O)C[C@H](CC(=O)O)[C@H]1C. The molecule has 0 bridgehead atoms. The number of likely N-dealkylation sites (tertiary alicyclic amines) is 1. The Labute approximate surface area is 83.9 Å². The molecule has 0 spiro atoms. The van der Waals surface area contributed by atoms with E-state index in [9.17, 15) is 9.59 Å². The molecule has 0 aromatic carbocycles. The maximum Gasteiger partial charge on any atom is 0.303 e. The fraction of sp³-hybridized carbons (Fsp3) is 0.800. The molecule has 80 valence electrons. The normalized spacial score (nSPS) is 27.4. The standard InChI is InChI=1S/C10H17NO3/c1-6(2)11-7(3)8(4-9(11)12)5-10(13)14/h6-8H,4-5H2,1-3H3,(H,13,14)/t7-,8-/m1/s1. The predicted octanol–water partition coefficient (Wildman–Crippen LogP) is 1.11. The molecule has 1 N–H and O–H groups in total. The molecule has 0 unspecified atom stereocenters. The highest BCUT2D eigenvalue weighted by molar-refractivity contribution is 5.80. The highest BCUT2D eigenvalue weighted by Crippen LogP contribution is 2.29. The van der Waals surface area contributed by atoms with Crippen LogP contribution in [-0.2, 0) is 9.59 Å². The van der Waals surface area contributed by atoms with Gasteiger partial charge >= 0.3 is 5.97 Å². The fourth-order valence-corrected chi connectivity index (χ4v) is 2.18. The van der Waals surface area contributed by atoms with Crippen LogP contribution in [0.1, 0.15) is 33.6 Å². The summed E-state index contributed by atoms with van der Waals surface area (Å²) in [5.41, 5.74) is 0. The molecule has 14 heavy (non-hydrogen) atoms. The van der Waals surface area contributed by atoms with E-state index in [-0.39, 0.29) is 30.3 Å². The van der Waals surface area contributed by atoms with Crippen molar-refractivity contribution in [1.29, 1.82) is 0 Å². The molecule has 1 amide bonds. The number of nitrogens with zero attached hydrogens (tertiary/aromatic N) is 1. The number of carboxylic acids is 1. The van der Waals surface area contributed by atoms with Crippen molar-refractivity contribution in [1.82, 2.24) is 4.90 Å². The van der Waals surface area contributed by atoms with Crippen LogP contribution < -0.4 is 0 Å². The monoisotopic (exact) mass is 199 g/mol. The molecule has 4 nitrogen and oxygen atoms in total. The maximum absolute atomic E-state index is 11.6. The first-order valence-corrected chi connectivity index (χ1v) is 4.96. The van der Waals surface area contributed by atoms with Crippen molar-refractivity contribution in [3.8, 4) is 0 Å². The molecule has 1 fully saturated rings. The van der Waals surface area contributed by atoms with Gasteiger partial charge in [-0.25, -0.2) is 0 Å². The van der Waals surface area contributed by atoms with E-state index in [1.165, 1.54) is 0 Å². The van der Waals surface area contributed by atoms with Crippen molar-refractivity contribution in [2.75, 3.05) is 0 Å². The van der Waals surface area contributed by atoms with Gasteiger partial charge < -0.3 is 10.0 Å². The number of rotatable bonds is 3. The smallest absolute Gasteiger partial charge is 0.303 e. The van der Waals surface area contributed by atoms with E-state index < -0.39 is 5.97 Å². The molecule has 0 aromatic rings. The average molecular weight is 199 g/mol. The number of carbonyl (C=O) groups excluding carboxylic acids is 1.